The van der Waals surface area contributed by atoms with Crippen LogP contribution in [0.1, 0.15) is 5.56 Å². The molecule has 0 bridgehead atoms. The van der Waals surface area contributed by atoms with Crippen LogP contribution in [0.15, 0.2) is 23.6 Å². The van der Waals surface area contributed by atoms with E-state index in [-0.39, 0.29) is 5.82 Å². The quantitative estimate of drug-likeness (QED) is 0.693. The summed E-state index contributed by atoms with van der Waals surface area (Å²) >= 11 is 1.51. The summed E-state index contributed by atoms with van der Waals surface area (Å²) in [4.78, 5) is 8.20. The molecule has 0 amide bonds. The number of aromatic nitrogens is 2. The highest BCUT2D eigenvalue weighted by Gasteiger charge is 2.13. The first-order chi connectivity index (χ1) is 8.16. The Bertz CT molecular complexity index is 699. The number of halogens is 1. The molecule has 3 aromatic rings. The molecule has 0 aliphatic carbocycles. The van der Waals surface area contributed by atoms with Gasteiger partial charge in [-0.25, -0.2) is 9.37 Å². The van der Waals surface area contributed by atoms with E-state index in [4.69, 9.17) is 5.73 Å². The minimum atomic E-state index is -0.322. The van der Waals surface area contributed by atoms with E-state index in [0.29, 0.717) is 22.5 Å². The molecule has 5 heteroatoms. The Morgan fingerprint density at radius 3 is 2.88 bits per heavy atom. The van der Waals surface area contributed by atoms with E-state index in [1.165, 1.54) is 17.4 Å². The standard InChI is InChI=1S/C12H10FN3S/c1-6-5-17-11(9(6)14)12-15-8-4-2-3-7(13)10(8)16-12/h2-5H,14H2,1H3,(H,15,16). The summed E-state index contributed by atoms with van der Waals surface area (Å²) < 4.78 is 13.5. The zero-order valence-corrected chi connectivity index (χ0v) is 9.94. The molecule has 1 aromatic carbocycles. The number of aromatic amines is 1. The van der Waals surface area contributed by atoms with Crippen molar-refractivity contribution in [1.82, 2.24) is 9.97 Å². The van der Waals surface area contributed by atoms with Crippen molar-refractivity contribution in [1.29, 1.82) is 0 Å². The monoisotopic (exact) mass is 247 g/mol. The van der Waals surface area contributed by atoms with E-state index in [1.54, 1.807) is 12.1 Å². The van der Waals surface area contributed by atoms with Crippen LogP contribution in [0.3, 0.4) is 0 Å². The lowest BCUT2D eigenvalue weighted by molar-refractivity contribution is 0.637. The van der Waals surface area contributed by atoms with E-state index in [0.717, 1.165) is 10.4 Å². The summed E-state index contributed by atoms with van der Waals surface area (Å²) in [5.41, 5.74) is 8.71. The van der Waals surface area contributed by atoms with Gasteiger partial charge in [-0.05, 0) is 30.0 Å². The Kier molecular flexibility index (Phi) is 2.16. The number of fused-ring (bicyclic) bond motifs is 1. The molecule has 3 N–H and O–H groups in total. The average molecular weight is 247 g/mol. The largest absolute Gasteiger partial charge is 0.397 e. The molecule has 0 atom stereocenters. The molecule has 0 aliphatic rings. The van der Waals surface area contributed by atoms with Crippen LogP contribution in [0.5, 0.6) is 0 Å². The van der Waals surface area contributed by atoms with Crippen LogP contribution in [0.2, 0.25) is 0 Å². The Hall–Kier alpha value is -1.88. The molecular formula is C12H10FN3S. The van der Waals surface area contributed by atoms with Gasteiger partial charge in [-0.15, -0.1) is 11.3 Å². The number of anilines is 1. The number of nitrogens with two attached hydrogens (primary N) is 1. The zero-order chi connectivity index (χ0) is 12.0. The third kappa shape index (κ3) is 1.51. The van der Waals surface area contributed by atoms with E-state index in [2.05, 4.69) is 9.97 Å². The molecule has 17 heavy (non-hydrogen) atoms. The van der Waals surface area contributed by atoms with Crippen LogP contribution in [0.25, 0.3) is 21.7 Å². The van der Waals surface area contributed by atoms with Crippen LogP contribution >= 0.6 is 11.3 Å². The number of thiophene rings is 1. The molecule has 3 rings (SSSR count). The van der Waals surface area contributed by atoms with Crippen molar-refractivity contribution >= 4 is 28.1 Å². The highest BCUT2D eigenvalue weighted by atomic mass is 32.1. The summed E-state index contributed by atoms with van der Waals surface area (Å²) in [6.45, 7) is 1.94. The highest BCUT2D eigenvalue weighted by molar-refractivity contribution is 7.14. The second-order valence-corrected chi connectivity index (χ2v) is 4.76. The molecule has 0 saturated carbocycles. The maximum atomic E-state index is 13.5. The van der Waals surface area contributed by atoms with Crippen molar-refractivity contribution in [3.63, 3.8) is 0 Å². The molecule has 0 radical (unpaired) electrons. The van der Waals surface area contributed by atoms with Gasteiger partial charge in [-0.2, -0.15) is 0 Å². The van der Waals surface area contributed by atoms with Crippen molar-refractivity contribution in [2.45, 2.75) is 6.92 Å². The van der Waals surface area contributed by atoms with Crippen LogP contribution in [0.4, 0.5) is 10.1 Å². The van der Waals surface area contributed by atoms with Crippen molar-refractivity contribution in [2.24, 2.45) is 0 Å². The molecule has 86 valence electrons. The number of aryl methyl sites for hydroxylation is 1. The van der Waals surface area contributed by atoms with Gasteiger partial charge < -0.3 is 10.7 Å². The summed E-state index contributed by atoms with van der Waals surface area (Å²) in [5, 5.41) is 1.97. The molecule has 2 heterocycles. The Morgan fingerprint density at radius 2 is 2.24 bits per heavy atom. The number of rotatable bonds is 1. The highest BCUT2D eigenvalue weighted by Crippen LogP contribution is 2.34. The molecule has 0 saturated heterocycles. The Balaban J connectivity index is 2.25. The second kappa shape index (κ2) is 3.56. The number of H-pyrrole nitrogens is 1. The van der Waals surface area contributed by atoms with Crippen molar-refractivity contribution < 1.29 is 4.39 Å². The van der Waals surface area contributed by atoms with Gasteiger partial charge in [0.15, 0.2) is 11.6 Å². The van der Waals surface area contributed by atoms with E-state index in [9.17, 15) is 4.39 Å². The normalized spacial score (nSPS) is 11.2. The smallest absolute Gasteiger partial charge is 0.151 e. The van der Waals surface area contributed by atoms with Crippen molar-refractivity contribution in [2.75, 3.05) is 5.73 Å². The molecule has 2 aromatic heterocycles. The average Bonchev–Trinajstić information content (AvgIpc) is 2.85. The van der Waals surface area contributed by atoms with E-state index >= 15 is 0 Å². The number of para-hydroxylation sites is 1. The third-order valence-electron chi connectivity index (χ3n) is 2.70. The zero-order valence-electron chi connectivity index (χ0n) is 9.12. The SMILES string of the molecule is Cc1csc(-c2nc3c(F)cccc3[nH]2)c1N. The van der Waals surface area contributed by atoms with Gasteiger partial charge in [0, 0.05) is 0 Å². The van der Waals surface area contributed by atoms with Crippen molar-refractivity contribution in [3.8, 4) is 10.7 Å². The van der Waals surface area contributed by atoms with Gasteiger partial charge in [0.2, 0.25) is 0 Å². The van der Waals surface area contributed by atoms with Gasteiger partial charge in [-0.3, -0.25) is 0 Å². The topological polar surface area (TPSA) is 54.7 Å². The fraction of sp³-hybridized carbons (Fsp3) is 0.0833. The molecule has 0 unspecified atom stereocenters. The molecule has 0 spiro atoms. The third-order valence-corrected chi connectivity index (χ3v) is 3.82. The van der Waals surface area contributed by atoms with Crippen molar-refractivity contribution in [3.05, 3.63) is 35.0 Å². The predicted octanol–water partition coefficient (Wildman–Crippen LogP) is 3.32. The van der Waals surface area contributed by atoms with Gasteiger partial charge in [0.05, 0.1) is 16.1 Å². The Morgan fingerprint density at radius 1 is 1.41 bits per heavy atom. The first-order valence-electron chi connectivity index (χ1n) is 5.15. The maximum Gasteiger partial charge on any atom is 0.151 e. The lowest BCUT2D eigenvalue weighted by atomic mass is 10.3. The van der Waals surface area contributed by atoms with Gasteiger partial charge in [-0.1, -0.05) is 6.07 Å². The predicted molar refractivity (Wildman–Crippen MR) is 68.5 cm³/mol. The Labute approximate surface area is 101 Å². The van der Waals surface area contributed by atoms with Gasteiger partial charge in [0.1, 0.15) is 5.52 Å². The number of hydrogen-bond acceptors (Lipinski definition) is 3. The van der Waals surface area contributed by atoms with Crippen LogP contribution in [-0.4, -0.2) is 9.97 Å². The van der Waals surface area contributed by atoms with Gasteiger partial charge >= 0.3 is 0 Å². The minimum absolute atomic E-state index is 0.322. The number of benzene rings is 1. The fourth-order valence-corrected chi connectivity index (χ4v) is 2.66. The molecule has 0 aliphatic heterocycles. The number of imidazole rings is 1. The maximum absolute atomic E-state index is 13.5. The summed E-state index contributed by atoms with van der Waals surface area (Å²) in [6, 6.07) is 4.85. The van der Waals surface area contributed by atoms with Crippen LogP contribution in [0, 0.1) is 12.7 Å². The number of hydrogen-bond donors (Lipinski definition) is 2. The second-order valence-electron chi connectivity index (χ2n) is 3.88. The summed E-state index contributed by atoms with van der Waals surface area (Å²) in [6.07, 6.45) is 0. The molecular weight excluding hydrogens is 237 g/mol. The molecule has 3 nitrogen and oxygen atoms in total. The number of nitrogen functional groups attached to an aromatic ring is 1. The first kappa shape index (κ1) is 10.3. The summed E-state index contributed by atoms with van der Waals surface area (Å²) in [7, 11) is 0. The van der Waals surface area contributed by atoms with E-state index in [1.807, 2.05) is 12.3 Å². The van der Waals surface area contributed by atoms with Crippen LogP contribution < -0.4 is 5.73 Å². The first-order valence-corrected chi connectivity index (χ1v) is 6.03. The lowest BCUT2D eigenvalue weighted by Gasteiger charge is -1.94. The van der Waals surface area contributed by atoms with E-state index < -0.39 is 0 Å². The fourth-order valence-electron chi connectivity index (χ4n) is 1.74. The minimum Gasteiger partial charge on any atom is -0.397 e. The number of nitrogens with zero attached hydrogens (tertiary/aromatic N) is 1. The lowest BCUT2D eigenvalue weighted by Crippen LogP contribution is -1.88. The van der Waals surface area contributed by atoms with Gasteiger partial charge in [0.25, 0.3) is 0 Å². The molecule has 0 fully saturated rings. The summed E-state index contributed by atoms with van der Waals surface area (Å²) in [5.74, 6) is 0.303. The van der Waals surface area contributed by atoms with Crippen LogP contribution in [-0.2, 0) is 0 Å². The number of nitrogens with one attached hydrogen (secondary N) is 1.